The van der Waals surface area contributed by atoms with Gasteiger partial charge in [0, 0.05) is 40.5 Å². The van der Waals surface area contributed by atoms with Gasteiger partial charge >= 0.3 is 11.7 Å². The zero-order chi connectivity index (χ0) is 21.9. The van der Waals surface area contributed by atoms with Gasteiger partial charge in [0.25, 0.3) is 0 Å². The molecular formula is C18H12ClF6N3S2. The monoisotopic (exact) mass is 483 g/mol. The number of aromatic nitrogens is 2. The van der Waals surface area contributed by atoms with Gasteiger partial charge in [-0.1, -0.05) is 11.6 Å². The standard InChI is InChI=1S/C18H12ClF6N3S2/c19-14-8-12(28-30-18(23,24)25)1-2-13(14)15-9-29-16(27-15)10-4-6-26-11(7-10)3-5-17(20,21)22/h1-2,4,6-9,28H,3,5H2. The van der Waals surface area contributed by atoms with Gasteiger partial charge in [0.2, 0.25) is 0 Å². The minimum absolute atomic E-state index is 0.185. The summed E-state index contributed by atoms with van der Waals surface area (Å²) in [6.45, 7) is 0. The van der Waals surface area contributed by atoms with Crippen LogP contribution in [0.5, 0.6) is 0 Å². The lowest BCUT2D eigenvalue weighted by Crippen LogP contribution is -2.09. The molecule has 12 heteroatoms. The molecule has 2 heterocycles. The van der Waals surface area contributed by atoms with Crippen molar-refractivity contribution >= 4 is 40.6 Å². The van der Waals surface area contributed by atoms with Crippen LogP contribution < -0.4 is 4.72 Å². The molecule has 0 bridgehead atoms. The minimum Gasteiger partial charge on any atom is -0.323 e. The SMILES string of the molecule is FC(F)(F)CCc1cc(-c2nc(-c3ccc(NSC(F)(F)F)cc3Cl)cs2)ccn1. The van der Waals surface area contributed by atoms with E-state index < -0.39 is 30.1 Å². The zero-order valence-electron chi connectivity index (χ0n) is 14.8. The van der Waals surface area contributed by atoms with E-state index in [2.05, 4.69) is 14.7 Å². The van der Waals surface area contributed by atoms with Gasteiger partial charge in [-0.3, -0.25) is 4.98 Å². The maximum atomic E-state index is 12.4. The highest BCUT2D eigenvalue weighted by molar-refractivity contribution is 8.01. The number of anilines is 1. The summed E-state index contributed by atoms with van der Waals surface area (Å²) in [5, 5.41) is 2.48. The molecule has 3 aromatic rings. The van der Waals surface area contributed by atoms with E-state index in [1.807, 2.05) is 0 Å². The third kappa shape index (κ3) is 6.51. The second-order valence-corrected chi connectivity index (χ2v) is 8.17. The second kappa shape index (κ2) is 9.03. The summed E-state index contributed by atoms with van der Waals surface area (Å²) in [6, 6.07) is 7.54. The molecule has 160 valence electrons. The Kier molecular flexibility index (Phi) is 6.83. The predicted octanol–water partition coefficient (Wildman–Crippen LogP) is 7.60. The Hall–Kier alpha value is -1.98. The van der Waals surface area contributed by atoms with Crippen LogP contribution in [0.3, 0.4) is 0 Å². The van der Waals surface area contributed by atoms with Crippen molar-refractivity contribution in [2.75, 3.05) is 4.72 Å². The molecule has 0 amide bonds. The van der Waals surface area contributed by atoms with Gasteiger partial charge in [0.1, 0.15) is 5.01 Å². The Balaban J connectivity index is 1.76. The molecule has 3 nitrogen and oxygen atoms in total. The first-order valence-electron chi connectivity index (χ1n) is 8.28. The highest BCUT2D eigenvalue weighted by atomic mass is 35.5. The largest absolute Gasteiger partial charge is 0.461 e. The topological polar surface area (TPSA) is 37.8 Å². The highest BCUT2D eigenvalue weighted by Crippen LogP contribution is 2.36. The van der Waals surface area contributed by atoms with Crippen LogP contribution in [0.2, 0.25) is 5.02 Å². The molecule has 1 N–H and O–H groups in total. The quantitative estimate of drug-likeness (QED) is 0.289. The summed E-state index contributed by atoms with van der Waals surface area (Å²) in [5.74, 6) is 0. The lowest BCUT2D eigenvalue weighted by Gasteiger charge is -2.09. The van der Waals surface area contributed by atoms with Crippen molar-refractivity contribution in [2.45, 2.75) is 24.5 Å². The lowest BCUT2D eigenvalue weighted by molar-refractivity contribution is -0.134. The van der Waals surface area contributed by atoms with Crippen molar-refractivity contribution in [1.82, 2.24) is 9.97 Å². The third-order valence-corrected chi connectivity index (χ3v) is 5.54. The minimum atomic E-state index is -4.43. The summed E-state index contributed by atoms with van der Waals surface area (Å²) >= 11 is 7.07. The van der Waals surface area contributed by atoms with Crippen LogP contribution in [-0.2, 0) is 6.42 Å². The number of hydrogen-bond acceptors (Lipinski definition) is 5. The van der Waals surface area contributed by atoms with Gasteiger partial charge < -0.3 is 4.72 Å². The van der Waals surface area contributed by atoms with Crippen molar-refractivity contribution < 1.29 is 26.3 Å². The van der Waals surface area contributed by atoms with E-state index in [1.54, 1.807) is 23.6 Å². The summed E-state index contributed by atoms with van der Waals surface area (Å²) < 4.78 is 76.3. The van der Waals surface area contributed by atoms with Gasteiger partial charge in [-0.25, -0.2) is 4.98 Å². The lowest BCUT2D eigenvalue weighted by atomic mass is 10.1. The summed E-state index contributed by atoms with van der Waals surface area (Å²) in [4.78, 5) is 8.41. The fraction of sp³-hybridized carbons (Fsp3) is 0.222. The molecule has 0 aliphatic carbocycles. The molecule has 0 saturated heterocycles. The molecular weight excluding hydrogens is 472 g/mol. The van der Waals surface area contributed by atoms with Crippen molar-refractivity contribution in [3.05, 3.63) is 52.6 Å². The normalized spacial score (nSPS) is 12.2. The fourth-order valence-corrected chi connectivity index (χ4v) is 3.91. The first-order chi connectivity index (χ1) is 14.0. The number of rotatable bonds is 6. The molecule has 2 aromatic heterocycles. The van der Waals surface area contributed by atoms with Gasteiger partial charge in [0.05, 0.1) is 22.7 Å². The van der Waals surface area contributed by atoms with E-state index in [4.69, 9.17) is 11.6 Å². The van der Waals surface area contributed by atoms with Crippen LogP contribution in [0.1, 0.15) is 12.1 Å². The van der Waals surface area contributed by atoms with Crippen LogP contribution in [0, 0.1) is 0 Å². The van der Waals surface area contributed by atoms with Crippen molar-refractivity contribution in [2.24, 2.45) is 0 Å². The van der Waals surface area contributed by atoms with Crippen molar-refractivity contribution in [3.63, 3.8) is 0 Å². The number of nitrogens with one attached hydrogen (secondary N) is 1. The van der Waals surface area contributed by atoms with Gasteiger partial charge in [-0.2, -0.15) is 26.3 Å². The van der Waals surface area contributed by atoms with Crippen LogP contribution in [-0.4, -0.2) is 21.7 Å². The molecule has 0 aliphatic rings. The van der Waals surface area contributed by atoms with E-state index in [0.717, 1.165) is 0 Å². The summed E-state index contributed by atoms with van der Waals surface area (Å²) in [5.41, 5.74) is -2.30. The molecule has 30 heavy (non-hydrogen) atoms. The number of alkyl halides is 6. The van der Waals surface area contributed by atoms with E-state index in [1.165, 1.54) is 29.7 Å². The highest BCUT2D eigenvalue weighted by Gasteiger charge is 2.29. The Morgan fingerprint density at radius 2 is 1.83 bits per heavy atom. The number of halogens is 7. The molecule has 0 aliphatic heterocycles. The smallest absolute Gasteiger partial charge is 0.323 e. The maximum absolute atomic E-state index is 12.4. The van der Waals surface area contributed by atoms with E-state index in [0.29, 0.717) is 27.5 Å². The number of benzene rings is 1. The predicted molar refractivity (Wildman–Crippen MR) is 107 cm³/mol. The molecule has 1 aromatic carbocycles. The summed E-state index contributed by atoms with van der Waals surface area (Å²) in [6.07, 6.45) is -4.03. The Bertz CT molecular complexity index is 1020. The van der Waals surface area contributed by atoms with Crippen molar-refractivity contribution in [1.29, 1.82) is 0 Å². The first-order valence-corrected chi connectivity index (χ1v) is 10.4. The second-order valence-electron chi connectivity index (χ2n) is 6.03. The first kappa shape index (κ1) is 22.7. The van der Waals surface area contributed by atoms with E-state index >= 15 is 0 Å². The number of aryl methyl sites for hydroxylation is 1. The fourth-order valence-electron chi connectivity index (χ4n) is 2.45. The van der Waals surface area contributed by atoms with Gasteiger partial charge in [-0.15, -0.1) is 11.3 Å². The van der Waals surface area contributed by atoms with Crippen LogP contribution in [0.25, 0.3) is 21.8 Å². The van der Waals surface area contributed by atoms with E-state index in [9.17, 15) is 26.3 Å². The van der Waals surface area contributed by atoms with Crippen LogP contribution >= 0.6 is 34.9 Å². The molecule has 0 fully saturated rings. The number of pyridine rings is 1. The molecule has 3 rings (SSSR count). The average molecular weight is 484 g/mol. The average Bonchev–Trinajstić information content (AvgIpc) is 3.14. The number of thiazole rings is 1. The molecule has 0 radical (unpaired) electrons. The van der Waals surface area contributed by atoms with Crippen LogP contribution in [0.4, 0.5) is 32.0 Å². The molecule has 0 saturated carbocycles. The van der Waals surface area contributed by atoms with Gasteiger partial charge in [0.15, 0.2) is 0 Å². The van der Waals surface area contributed by atoms with E-state index in [-0.39, 0.29) is 17.1 Å². The Morgan fingerprint density at radius 3 is 2.50 bits per heavy atom. The number of hydrogen-bond donors (Lipinski definition) is 1. The Labute approximate surface area is 180 Å². The molecule has 0 atom stereocenters. The van der Waals surface area contributed by atoms with Gasteiger partial charge in [-0.05, 0) is 36.8 Å². The summed E-state index contributed by atoms with van der Waals surface area (Å²) in [7, 11) is 0. The zero-order valence-corrected chi connectivity index (χ0v) is 17.2. The molecule has 0 spiro atoms. The Morgan fingerprint density at radius 1 is 1.07 bits per heavy atom. The molecule has 0 unspecified atom stereocenters. The third-order valence-electron chi connectivity index (χ3n) is 3.76. The van der Waals surface area contributed by atoms with Crippen molar-refractivity contribution in [3.8, 4) is 21.8 Å². The maximum Gasteiger partial charge on any atom is 0.461 e. The number of nitrogens with zero attached hydrogens (tertiary/aromatic N) is 2. The van der Waals surface area contributed by atoms with Crippen LogP contribution in [0.15, 0.2) is 41.9 Å².